The second-order valence-corrected chi connectivity index (χ2v) is 6.94. The molecule has 0 aliphatic heterocycles. The average molecular weight is 374 g/mol. The molecule has 0 aliphatic carbocycles. The van der Waals surface area contributed by atoms with Gasteiger partial charge < -0.3 is 19.9 Å². The Labute approximate surface area is 153 Å². The van der Waals surface area contributed by atoms with Gasteiger partial charge in [0.1, 0.15) is 10.6 Å². The first kappa shape index (κ1) is 17.9. The lowest BCUT2D eigenvalue weighted by atomic mass is 10.2. The van der Waals surface area contributed by atoms with Crippen molar-refractivity contribution in [2.24, 2.45) is 0 Å². The van der Waals surface area contributed by atoms with E-state index in [1.165, 1.54) is 23.2 Å². The van der Waals surface area contributed by atoms with Crippen LogP contribution in [0.4, 0.5) is 5.88 Å². The topological polar surface area (TPSA) is 112 Å². The van der Waals surface area contributed by atoms with Crippen LogP contribution < -0.4 is 5.73 Å². The maximum atomic E-state index is 12.5. The zero-order valence-corrected chi connectivity index (χ0v) is 15.4. The molecule has 0 saturated carbocycles. The highest BCUT2D eigenvalue weighted by molar-refractivity contribution is 7.18. The molecule has 0 bridgehead atoms. The largest absolute Gasteiger partial charge is 0.449 e. The van der Waals surface area contributed by atoms with Crippen LogP contribution in [0.5, 0.6) is 0 Å². The van der Waals surface area contributed by atoms with Crippen molar-refractivity contribution >= 4 is 39.3 Å². The first-order chi connectivity index (χ1) is 12.4. The van der Waals surface area contributed by atoms with Crippen LogP contribution in [0.2, 0.25) is 0 Å². The molecule has 1 unspecified atom stereocenters. The van der Waals surface area contributed by atoms with Crippen LogP contribution in [0, 0.1) is 6.92 Å². The van der Waals surface area contributed by atoms with Gasteiger partial charge in [-0.15, -0.1) is 11.3 Å². The predicted molar refractivity (Wildman–Crippen MR) is 96.6 cm³/mol. The minimum Gasteiger partial charge on any atom is -0.449 e. The molecule has 0 radical (unpaired) electrons. The normalized spacial score (nSPS) is 12.1. The van der Waals surface area contributed by atoms with Crippen LogP contribution in [0.15, 0.2) is 28.8 Å². The first-order valence-corrected chi connectivity index (χ1v) is 8.70. The van der Waals surface area contributed by atoms with Gasteiger partial charge in [0, 0.05) is 7.05 Å². The molecule has 1 amide bonds. The first-order valence-electron chi connectivity index (χ1n) is 7.89. The van der Waals surface area contributed by atoms with Crippen LogP contribution in [-0.2, 0) is 16.1 Å². The maximum Gasteiger partial charge on any atom is 0.346 e. The Bertz CT molecular complexity index is 912. The van der Waals surface area contributed by atoms with E-state index in [0.29, 0.717) is 12.2 Å². The van der Waals surface area contributed by atoms with E-state index in [9.17, 15) is 9.59 Å². The number of aryl methyl sites for hydroxylation is 1. The minimum atomic E-state index is -0.976. The second-order valence-electron chi connectivity index (χ2n) is 5.82. The highest BCUT2D eigenvalue weighted by Gasteiger charge is 2.26. The van der Waals surface area contributed by atoms with Gasteiger partial charge in [-0.1, -0.05) is 17.3 Å². The van der Waals surface area contributed by atoms with Gasteiger partial charge in [-0.05, 0) is 26.0 Å². The number of thiazole rings is 1. The van der Waals surface area contributed by atoms with Crippen molar-refractivity contribution in [2.45, 2.75) is 26.5 Å². The van der Waals surface area contributed by atoms with Crippen LogP contribution in [0.25, 0.3) is 10.2 Å². The van der Waals surface area contributed by atoms with Gasteiger partial charge in [0.05, 0.1) is 22.5 Å². The van der Waals surface area contributed by atoms with Gasteiger partial charge in [0.2, 0.25) is 5.88 Å². The van der Waals surface area contributed by atoms with Crippen LogP contribution in [-0.4, -0.2) is 40.1 Å². The summed E-state index contributed by atoms with van der Waals surface area (Å²) < 4.78 is 11.0. The smallest absolute Gasteiger partial charge is 0.346 e. The second kappa shape index (κ2) is 7.12. The number of rotatable bonds is 5. The number of aromatic nitrogens is 2. The Morgan fingerprint density at radius 3 is 2.77 bits per heavy atom. The van der Waals surface area contributed by atoms with Gasteiger partial charge in [-0.25, -0.2) is 9.78 Å². The maximum absolute atomic E-state index is 12.5. The standard InChI is InChI=1S/C17H18N4O4S/c1-9-14(15(18)25-20-9)17(23)24-10(2)16(22)21(3)8-13-19-11-6-4-5-7-12(11)26-13/h4-7,10H,8,18H2,1-3H3. The van der Waals surface area contributed by atoms with E-state index in [-0.39, 0.29) is 17.4 Å². The van der Waals surface area contributed by atoms with Gasteiger partial charge in [-0.3, -0.25) is 4.79 Å². The fourth-order valence-electron chi connectivity index (χ4n) is 2.48. The van der Waals surface area contributed by atoms with Gasteiger partial charge in [-0.2, -0.15) is 0 Å². The van der Waals surface area contributed by atoms with Gasteiger partial charge >= 0.3 is 5.97 Å². The molecule has 3 rings (SSSR count). The quantitative estimate of drug-likeness (QED) is 0.682. The van der Waals surface area contributed by atoms with Crippen molar-refractivity contribution in [1.29, 1.82) is 0 Å². The summed E-state index contributed by atoms with van der Waals surface area (Å²) in [5, 5.41) is 4.40. The Morgan fingerprint density at radius 2 is 2.12 bits per heavy atom. The number of fused-ring (bicyclic) bond motifs is 1. The van der Waals surface area contributed by atoms with Crippen LogP contribution >= 0.6 is 11.3 Å². The lowest BCUT2D eigenvalue weighted by molar-refractivity contribution is -0.139. The van der Waals surface area contributed by atoms with Crippen molar-refractivity contribution in [1.82, 2.24) is 15.0 Å². The molecule has 2 aromatic heterocycles. The van der Waals surface area contributed by atoms with Crippen molar-refractivity contribution in [3.8, 4) is 0 Å². The Hall–Kier alpha value is -2.94. The number of para-hydroxylation sites is 1. The number of ether oxygens (including phenoxy) is 1. The number of nitrogens with two attached hydrogens (primary N) is 1. The molecule has 0 saturated heterocycles. The summed E-state index contributed by atoms with van der Waals surface area (Å²) >= 11 is 1.52. The van der Waals surface area contributed by atoms with Gasteiger partial charge in [0.15, 0.2) is 6.10 Å². The number of hydrogen-bond donors (Lipinski definition) is 1. The molecule has 8 nitrogen and oxygen atoms in total. The molecule has 2 heterocycles. The lowest BCUT2D eigenvalue weighted by Gasteiger charge is -2.20. The molecule has 26 heavy (non-hydrogen) atoms. The monoisotopic (exact) mass is 374 g/mol. The third-order valence-electron chi connectivity index (χ3n) is 3.81. The Morgan fingerprint density at radius 1 is 1.38 bits per heavy atom. The van der Waals surface area contributed by atoms with Crippen molar-refractivity contribution < 1.29 is 18.8 Å². The van der Waals surface area contributed by atoms with E-state index in [4.69, 9.17) is 15.0 Å². The summed E-state index contributed by atoms with van der Waals surface area (Å²) in [4.78, 5) is 30.6. The fraction of sp³-hybridized carbons (Fsp3) is 0.294. The highest BCUT2D eigenvalue weighted by Crippen LogP contribution is 2.23. The number of nitrogen functional groups attached to an aromatic ring is 1. The number of hydrogen-bond acceptors (Lipinski definition) is 8. The van der Waals surface area contributed by atoms with E-state index < -0.39 is 12.1 Å². The number of amides is 1. The average Bonchev–Trinajstić information content (AvgIpc) is 3.16. The Balaban J connectivity index is 1.64. The van der Waals surface area contributed by atoms with E-state index >= 15 is 0 Å². The molecular weight excluding hydrogens is 356 g/mol. The van der Waals surface area contributed by atoms with E-state index in [0.717, 1.165) is 15.2 Å². The number of anilines is 1. The zero-order valence-electron chi connectivity index (χ0n) is 14.6. The molecule has 2 N–H and O–H groups in total. The van der Waals surface area contributed by atoms with E-state index in [1.807, 2.05) is 24.3 Å². The number of likely N-dealkylation sites (N-methyl/N-ethyl adjacent to an activating group) is 1. The third-order valence-corrected chi connectivity index (χ3v) is 4.83. The fourth-order valence-corrected chi connectivity index (χ4v) is 3.51. The molecular formula is C17H18N4O4S. The molecule has 0 spiro atoms. The zero-order chi connectivity index (χ0) is 18.8. The van der Waals surface area contributed by atoms with Crippen molar-refractivity contribution in [3.05, 3.63) is 40.5 Å². The number of nitrogens with zero attached hydrogens (tertiary/aromatic N) is 3. The summed E-state index contributed by atoms with van der Waals surface area (Å²) in [5.74, 6) is -1.21. The molecule has 1 atom stereocenters. The highest BCUT2D eigenvalue weighted by atomic mass is 32.1. The minimum absolute atomic E-state index is 0.0403. The molecule has 0 aliphatic rings. The SMILES string of the molecule is Cc1noc(N)c1C(=O)OC(C)C(=O)N(C)Cc1nc2ccccc2s1. The Kier molecular flexibility index (Phi) is 4.90. The molecule has 3 aromatic rings. The number of benzene rings is 1. The molecule has 0 fully saturated rings. The third kappa shape index (κ3) is 3.52. The number of carbonyl (C=O) groups is 2. The number of carbonyl (C=O) groups excluding carboxylic acids is 2. The predicted octanol–water partition coefficient (Wildman–Crippen LogP) is 2.38. The summed E-state index contributed by atoms with van der Waals surface area (Å²) in [6.45, 7) is 3.41. The summed E-state index contributed by atoms with van der Waals surface area (Å²) in [6.07, 6.45) is -0.976. The summed E-state index contributed by atoms with van der Waals surface area (Å²) in [6, 6.07) is 7.77. The molecule has 9 heteroatoms. The van der Waals surface area contributed by atoms with Crippen LogP contribution in [0.3, 0.4) is 0 Å². The lowest BCUT2D eigenvalue weighted by Crippen LogP contribution is -2.37. The number of esters is 1. The van der Waals surface area contributed by atoms with Crippen molar-refractivity contribution in [3.63, 3.8) is 0 Å². The van der Waals surface area contributed by atoms with E-state index in [1.54, 1.807) is 14.0 Å². The summed E-state index contributed by atoms with van der Waals surface area (Å²) in [5.41, 5.74) is 6.81. The van der Waals surface area contributed by atoms with Crippen LogP contribution in [0.1, 0.15) is 28.0 Å². The van der Waals surface area contributed by atoms with E-state index in [2.05, 4.69) is 10.1 Å². The van der Waals surface area contributed by atoms with Gasteiger partial charge in [0.25, 0.3) is 5.91 Å². The summed E-state index contributed by atoms with van der Waals surface area (Å²) in [7, 11) is 1.64. The molecule has 1 aromatic carbocycles. The molecule has 136 valence electrons. The van der Waals surface area contributed by atoms with Crippen molar-refractivity contribution in [2.75, 3.05) is 12.8 Å².